The summed E-state index contributed by atoms with van der Waals surface area (Å²) in [5.41, 5.74) is 0.167. The third-order valence-corrected chi connectivity index (χ3v) is 2.86. The summed E-state index contributed by atoms with van der Waals surface area (Å²) >= 11 is 0. The first-order valence-corrected chi connectivity index (χ1v) is 6.34. The lowest BCUT2D eigenvalue weighted by molar-refractivity contribution is -0.141. The summed E-state index contributed by atoms with van der Waals surface area (Å²) in [6, 6.07) is 5.24. The smallest absolute Gasteiger partial charge is 0.308 e. The fourth-order valence-electron chi connectivity index (χ4n) is 1.75. The summed E-state index contributed by atoms with van der Waals surface area (Å²) in [5, 5.41) is 17.7. The summed E-state index contributed by atoms with van der Waals surface area (Å²) in [7, 11) is 0. The molecule has 0 radical (unpaired) electrons. The van der Waals surface area contributed by atoms with Crippen LogP contribution in [-0.4, -0.2) is 46.7 Å². The van der Waals surface area contributed by atoms with Gasteiger partial charge in [0.1, 0.15) is 5.82 Å². The SMILES string of the molecule is CC(CN(CCCO)C(=O)c1cccc(F)c1)C(=O)O. The molecule has 110 valence electrons. The van der Waals surface area contributed by atoms with Gasteiger partial charge in [-0.15, -0.1) is 0 Å². The lowest BCUT2D eigenvalue weighted by atomic mass is 10.1. The molecule has 0 aliphatic carbocycles. The van der Waals surface area contributed by atoms with E-state index in [1.165, 1.54) is 30.0 Å². The standard InChI is InChI=1S/C14H18FNO4/c1-10(14(19)20)9-16(6-3-7-17)13(18)11-4-2-5-12(15)8-11/h2,4-5,8,10,17H,3,6-7,9H2,1H3,(H,19,20). The lowest BCUT2D eigenvalue weighted by Crippen LogP contribution is -2.38. The number of halogens is 1. The van der Waals surface area contributed by atoms with Gasteiger partial charge in [-0.1, -0.05) is 13.0 Å². The summed E-state index contributed by atoms with van der Waals surface area (Å²) in [6.45, 7) is 1.63. The minimum atomic E-state index is -1.01. The zero-order valence-corrected chi connectivity index (χ0v) is 11.3. The maximum absolute atomic E-state index is 13.1. The molecule has 2 N–H and O–H groups in total. The minimum Gasteiger partial charge on any atom is -0.481 e. The minimum absolute atomic E-state index is 0.0185. The maximum Gasteiger partial charge on any atom is 0.308 e. The van der Waals surface area contributed by atoms with Crippen LogP contribution in [0.1, 0.15) is 23.7 Å². The fourth-order valence-corrected chi connectivity index (χ4v) is 1.75. The molecule has 20 heavy (non-hydrogen) atoms. The van der Waals surface area contributed by atoms with Crippen molar-refractivity contribution in [3.8, 4) is 0 Å². The lowest BCUT2D eigenvalue weighted by Gasteiger charge is -2.24. The molecule has 1 atom stereocenters. The second-order valence-electron chi connectivity index (χ2n) is 4.58. The van der Waals surface area contributed by atoms with Gasteiger partial charge in [-0.2, -0.15) is 0 Å². The highest BCUT2D eigenvalue weighted by Crippen LogP contribution is 2.10. The summed E-state index contributed by atoms with van der Waals surface area (Å²) in [4.78, 5) is 24.4. The van der Waals surface area contributed by atoms with E-state index in [2.05, 4.69) is 0 Å². The number of rotatable bonds is 7. The molecule has 1 rings (SSSR count). The van der Waals surface area contributed by atoms with E-state index in [-0.39, 0.29) is 25.3 Å². The average molecular weight is 283 g/mol. The molecular formula is C14H18FNO4. The van der Waals surface area contributed by atoms with Gasteiger partial charge in [-0.05, 0) is 24.6 Å². The molecule has 0 aliphatic heterocycles. The van der Waals surface area contributed by atoms with Gasteiger partial charge in [0.05, 0.1) is 5.92 Å². The quantitative estimate of drug-likeness (QED) is 0.792. The van der Waals surface area contributed by atoms with Crippen LogP contribution >= 0.6 is 0 Å². The van der Waals surface area contributed by atoms with E-state index in [0.717, 1.165) is 6.07 Å². The number of carboxylic acid groups (broad SMARTS) is 1. The van der Waals surface area contributed by atoms with E-state index in [1.54, 1.807) is 0 Å². The number of benzene rings is 1. The maximum atomic E-state index is 13.1. The van der Waals surface area contributed by atoms with Crippen molar-refractivity contribution in [3.05, 3.63) is 35.6 Å². The molecule has 0 saturated heterocycles. The molecule has 0 aromatic heterocycles. The summed E-state index contributed by atoms with van der Waals surface area (Å²) in [6.07, 6.45) is 0.341. The molecule has 0 heterocycles. The third kappa shape index (κ3) is 4.62. The first kappa shape index (κ1) is 16.1. The van der Waals surface area contributed by atoms with Crippen LogP contribution in [0, 0.1) is 11.7 Å². The first-order valence-electron chi connectivity index (χ1n) is 6.34. The monoisotopic (exact) mass is 283 g/mol. The molecular weight excluding hydrogens is 265 g/mol. The zero-order valence-electron chi connectivity index (χ0n) is 11.3. The average Bonchev–Trinajstić information content (AvgIpc) is 2.42. The third-order valence-electron chi connectivity index (χ3n) is 2.86. The topological polar surface area (TPSA) is 77.8 Å². The number of hydrogen-bond donors (Lipinski definition) is 2. The predicted octanol–water partition coefficient (Wildman–Crippen LogP) is 1.37. The van der Waals surface area contributed by atoms with Gasteiger partial charge in [0.25, 0.3) is 5.91 Å². The number of aliphatic hydroxyl groups is 1. The Balaban J connectivity index is 2.86. The van der Waals surface area contributed by atoms with E-state index < -0.39 is 23.6 Å². The van der Waals surface area contributed by atoms with E-state index in [4.69, 9.17) is 10.2 Å². The Labute approximate surface area is 116 Å². The van der Waals surface area contributed by atoms with Crippen LogP contribution in [0.2, 0.25) is 0 Å². The van der Waals surface area contributed by atoms with Gasteiger partial charge in [-0.3, -0.25) is 9.59 Å². The summed E-state index contributed by atoms with van der Waals surface area (Å²) < 4.78 is 13.1. The van der Waals surface area contributed by atoms with E-state index >= 15 is 0 Å². The first-order chi connectivity index (χ1) is 9.45. The highest BCUT2D eigenvalue weighted by molar-refractivity contribution is 5.94. The largest absolute Gasteiger partial charge is 0.481 e. The Hall–Kier alpha value is -1.95. The normalized spacial score (nSPS) is 11.9. The number of aliphatic carboxylic acids is 1. The second kappa shape index (κ2) is 7.59. The van der Waals surface area contributed by atoms with E-state index in [1.807, 2.05) is 0 Å². The highest BCUT2D eigenvalue weighted by atomic mass is 19.1. The molecule has 1 unspecified atom stereocenters. The van der Waals surface area contributed by atoms with Crippen LogP contribution in [-0.2, 0) is 4.79 Å². The Morgan fingerprint density at radius 3 is 2.65 bits per heavy atom. The molecule has 6 heteroatoms. The number of carbonyl (C=O) groups is 2. The van der Waals surface area contributed by atoms with Crippen molar-refractivity contribution in [2.45, 2.75) is 13.3 Å². The van der Waals surface area contributed by atoms with Crippen LogP contribution in [0.3, 0.4) is 0 Å². The molecule has 1 amide bonds. The molecule has 5 nitrogen and oxygen atoms in total. The zero-order chi connectivity index (χ0) is 15.1. The molecule has 0 fully saturated rings. The molecule has 0 bridgehead atoms. The molecule has 0 saturated carbocycles. The van der Waals surface area contributed by atoms with Crippen molar-refractivity contribution in [2.75, 3.05) is 19.7 Å². The predicted molar refractivity (Wildman–Crippen MR) is 70.8 cm³/mol. The Morgan fingerprint density at radius 2 is 2.10 bits per heavy atom. The molecule has 1 aromatic rings. The van der Waals surface area contributed by atoms with Crippen molar-refractivity contribution in [2.24, 2.45) is 5.92 Å². The van der Waals surface area contributed by atoms with Gasteiger partial charge in [0, 0.05) is 25.3 Å². The number of hydrogen-bond acceptors (Lipinski definition) is 3. The Morgan fingerprint density at radius 1 is 1.40 bits per heavy atom. The Kier molecular flexibility index (Phi) is 6.11. The van der Waals surface area contributed by atoms with Crippen LogP contribution in [0.15, 0.2) is 24.3 Å². The molecule has 0 spiro atoms. The van der Waals surface area contributed by atoms with Gasteiger partial charge >= 0.3 is 5.97 Å². The van der Waals surface area contributed by atoms with Crippen molar-refractivity contribution in [1.82, 2.24) is 4.90 Å². The van der Waals surface area contributed by atoms with Gasteiger partial charge in [0.15, 0.2) is 0 Å². The van der Waals surface area contributed by atoms with Crippen LogP contribution in [0.25, 0.3) is 0 Å². The van der Waals surface area contributed by atoms with Crippen LogP contribution in [0.5, 0.6) is 0 Å². The van der Waals surface area contributed by atoms with Crippen LogP contribution in [0.4, 0.5) is 4.39 Å². The van der Waals surface area contributed by atoms with E-state index in [9.17, 15) is 14.0 Å². The highest BCUT2D eigenvalue weighted by Gasteiger charge is 2.21. The number of aliphatic hydroxyl groups excluding tert-OH is 1. The van der Waals surface area contributed by atoms with Gasteiger partial charge in [-0.25, -0.2) is 4.39 Å². The van der Waals surface area contributed by atoms with E-state index in [0.29, 0.717) is 6.42 Å². The number of amides is 1. The molecule has 1 aromatic carbocycles. The fraction of sp³-hybridized carbons (Fsp3) is 0.429. The van der Waals surface area contributed by atoms with Crippen molar-refractivity contribution in [1.29, 1.82) is 0 Å². The number of nitrogens with zero attached hydrogens (tertiary/aromatic N) is 1. The second-order valence-corrected chi connectivity index (χ2v) is 4.58. The Bertz CT molecular complexity index is 478. The van der Waals surface area contributed by atoms with Crippen LogP contribution < -0.4 is 0 Å². The number of carboxylic acids is 1. The van der Waals surface area contributed by atoms with Crippen molar-refractivity contribution >= 4 is 11.9 Å². The van der Waals surface area contributed by atoms with Gasteiger partial charge < -0.3 is 15.1 Å². The summed E-state index contributed by atoms with van der Waals surface area (Å²) in [5.74, 6) is -2.70. The molecule has 0 aliphatic rings. The van der Waals surface area contributed by atoms with Gasteiger partial charge in [0.2, 0.25) is 0 Å². The van der Waals surface area contributed by atoms with Crippen molar-refractivity contribution < 1.29 is 24.2 Å². The number of carbonyl (C=O) groups excluding carboxylic acids is 1. The van der Waals surface area contributed by atoms with Crippen molar-refractivity contribution in [3.63, 3.8) is 0 Å².